The van der Waals surface area contributed by atoms with Crippen LogP contribution in [0.3, 0.4) is 0 Å². The van der Waals surface area contributed by atoms with Crippen LogP contribution >= 0.6 is 0 Å². The van der Waals surface area contributed by atoms with Gasteiger partial charge < -0.3 is 24.1 Å². The molecule has 0 radical (unpaired) electrons. The summed E-state index contributed by atoms with van der Waals surface area (Å²) >= 11 is 0. The van der Waals surface area contributed by atoms with Crippen molar-refractivity contribution in [2.24, 2.45) is 0 Å². The van der Waals surface area contributed by atoms with Gasteiger partial charge in [-0.15, -0.1) is 0 Å². The molecule has 25 heavy (non-hydrogen) atoms. The normalized spacial score (nSPS) is 11.9. The minimum Gasteiger partial charge on any atom is -0.493 e. The Morgan fingerprint density at radius 2 is 2.04 bits per heavy atom. The Balaban J connectivity index is 2.09. The van der Waals surface area contributed by atoms with Crippen LogP contribution in [-0.2, 0) is 11.3 Å². The number of rotatable bonds is 8. The van der Waals surface area contributed by atoms with Gasteiger partial charge in [-0.1, -0.05) is 5.16 Å². The number of benzene rings is 1. The molecule has 1 atom stereocenters. The third-order valence-electron chi connectivity index (χ3n) is 3.77. The second-order valence-corrected chi connectivity index (χ2v) is 5.79. The third-order valence-corrected chi connectivity index (χ3v) is 3.77. The lowest BCUT2D eigenvalue weighted by Gasteiger charge is -2.15. The summed E-state index contributed by atoms with van der Waals surface area (Å²) in [5, 5.41) is 6.76. The van der Waals surface area contributed by atoms with E-state index >= 15 is 0 Å². The van der Waals surface area contributed by atoms with Crippen molar-refractivity contribution in [1.29, 1.82) is 0 Å². The molecule has 7 heteroatoms. The van der Waals surface area contributed by atoms with Crippen LogP contribution in [0.4, 0.5) is 0 Å². The van der Waals surface area contributed by atoms with Crippen molar-refractivity contribution in [2.75, 3.05) is 20.8 Å². The highest BCUT2D eigenvalue weighted by Gasteiger charge is 2.15. The van der Waals surface area contributed by atoms with Gasteiger partial charge in [0.05, 0.1) is 25.0 Å². The van der Waals surface area contributed by atoms with Crippen molar-refractivity contribution in [2.45, 2.75) is 33.4 Å². The summed E-state index contributed by atoms with van der Waals surface area (Å²) in [7, 11) is 3.13. The zero-order chi connectivity index (χ0) is 18.4. The van der Waals surface area contributed by atoms with E-state index in [-0.39, 0.29) is 11.9 Å². The van der Waals surface area contributed by atoms with Gasteiger partial charge in [0.25, 0.3) is 5.91 Å². The highest BCUT2D eigenvalue weighted by molar-refractivity contribution is 5.95. The molecule has 0 bridgehead atoms. The second kappa shape index (κ2) is 8.53. The number of carbonyl (C=O) groups excluding carboxylic acids is 1. The molecule has 0 aliphatic carbocycles. The number of nitrogens with zero attached hydrogens (tertiary/aromatic N) is 1. The van der Waals surface area contributed by atoms with Crippen LogP contribution in [0.1, 0.15) is 34.3 Å². The number of amides is 1. The maximum absolute atomic E-state index is 12.3. The number of hydrogen-bond acceptors (Lipinski definition) is 6. The molecule has 1 aromatic carbocycles. The van der Waals surface area contributed by atoms with Crippen molar-refractivity contribution in [3.63, 3.8) is 0 Å². The van der Waals surface area contributed by atoms with Gasteiger partial charge in [0.1, 0.15) is 12.4 Å². The lowest BCUT2D eigenvalue weighted by molar-refractivity contribution is 0.0905. The van der Waals surface area contributed by atoms with Gasteiger partial charge in [-0.3, -0.25) is 4.79 Å². The van der Waals surface area contributed by atoms with E-state index in [9.17, 15) is 4.79 Å². The van der Waals surface area contributed by atoms with E-state index in [1.807, 2.05) is 20.8 Å². The summed E-state index contributed by atoms with van der Waals surface area (Å²) in [4.78, 5) is 12.3. The summed E-state index contributed by atoms with van der Waals surface area (Å²) in [6.45, 7) is 6.33. The fourth-order valence-corrected chi connectivity index (χ4v) is 2.38. The van der Waals surface area contributed by atoms with Crippen LogP contribution < -0.4 is 14.8 Å². The largest absolute Gasteiger partial charge is 0.493 e. The summed E-state index contributed by atoms with van der Waals surface area (Å²) in [6.07, 6.45) is 0. The molecule has 136 valence electrons. The number of methoxy groups -OCH3 is 2. The summed E-state index contributed by atoms with van der Waals surface area (Å²) in [5.41, 5.74) is 2.18. The van der Waals surface area contributed by atoms with Crippen molar-refractivity contribution in [3.8, 4) is 11.5 Å². The van der Waals surface area contributed by atoms with Crippen LogP contribution in [-0.4, -0.2) is 37.9 Å². The molecule has 1 amide bonds. The van der Waals surface area contributed by atoms with Crippen LogP contribution in [0.15, 0.2) is 22.7 Å². The molecule has 2 aromatic rings. The first-order chi connectivity index (χ1) is 12.0. The zero-order valence-corrected chi connectivity index (χ0v) is 15.2. The van der Waals surface area contributed by atoms with E-state index in [1.54, 1.807) is 25.3 Å². The highest BCUT2D eigenvalue weighted by Crippen LogP contribution is 2.29. The minimum absolute atomic E-state index is 0.0843. The SMILES string of the molecule is COCC(C)NC(=O)c1ccc(OCc2c(C)noc2C)c(OC)c1. The second-order valence-electron chi connectivity index (χ2n) is 5.79. The van der Waals surface area contributed by atoms with Crippen molar-refractivity contribution in [1.82, 2.24) is 10.5 Å². The molecule has 0 aliphatic heterocycles. The molecule has 0 saturated carbocycles. The van der Waals surface area contributed by atoms with E-state index in [4.69, 9.17) is 18.7 Å². The quantitative estimate of drug-likeness (QED) is 0.790. The maximum Gasteiger partial charge on any atom is 0.251 e. The highest BCUT2D eigenvalue weighted by atomic mass is 16.5. The molecule has 0 spiro atoms. The molecular formula is C18H24N2O5. The Morgan fingerprint density at radius 3 is 2.64 bits per heavy atom. The Hall–Kier alpha value is -2.54. The van der Waals surface area contributed by atoms with Gasteiger partial charge in [0.2, 0.25) is 0 Å². The maximum atomic E-state index is 12.3. The minimum atomic E-state index is -0.194. The van der Waals surface area contributed by atoms with Crippen LogP contribution in [0.25, 0.3) is 0 Å². The fraction of sp³-hybridized carbons (Fsp3) is 0.444. The first-order valence-electron chi connectivity index (χ1n) is 7.98. The van der Waals surface area contributed by atoms with Gasteiger partial charge in [-0.2, -0.15) is 0 Å². The van der Waals surface area contributed by atoms with E-state index in [1.165, 1.54) is 7.11 Å². The van der Waals surface area contributed by atoms with E-state index < -0.39 is 0 Å². The number of nitrogens with one attached hydrogen (secondary N) is 1. The Bertz CT molecular complexity index is 707. The van der Waals surface area contributed by atoms with Crippen molar-refractivity contribution in [3.05, 3.63) is 40.8 Å². The smallest absolute Gasteiger partial charge is 0.251 e. The molecule has 2 rings (SSSR count). The molecular weight excluding hydrogens is 324 g/mol. The molecule has 1 N–H and O–H groups in total. The molecule has 1 unspecified atom stereocenters. The number of hydrogen-bond donors (Lipinski definition) is 1. The molecule has 0 fully saturated rings. The molecule has 0 aliphatic rings. The van der Waals surface area contributed by atoms with Gasteiger partial charge in [0.15, 0.2) is 11.5 Å². The topological polar surface area (TPSA) is 82.8 Å². The third kappa shape index (κ3) is 4.73. The van der Waals surface area contributed by atoms with E-state index in [0.717, 1.165) is 17.0 Å². The first kappa shape index (κ1) is 18.8. The van der Waals surface area contributed by atoms with Gasteiger partial charge in [-0.25, -0.2) is 0 Å². The Morgan fingerprint density at radius 1 is 1.28 bits per heavy atom. The zero-order valence-electron chi connectivity index (χ0n) is 15.2. The predicted octanol–water partition coefficient (Wildman–Crippen LogP) is 2.64. The predicted molar refractivity (Wildman–Crippen MR) is 92.1 cm³/mol. The molecule has 7 nitrogen and oxygen atoms in total. The number of ether oxygens (including phenoxy) is 3. The van der Waals surface area contributed by atoms with Gasteiger partial charge in [0, 0.05) is 18.7 Å². The summed E-state index contributed by atoms with van der Waals surface area (Å²) in [5.74, 6) is 1.56. The van der Waals surface area contributed by atoms with E-state index in [2.05, 4.69) is 10.5 Å². The first-order valence-corrected chi connectivity index (χ1v) is 7.98. The Labute approximate surface area is 147 Å². The molecule has 0 saturated heterocycles. The fourth-order valence-electron chi connectivity index (χ4n) is 2.38. The van der Waals surface area contributed by atoms with Gasteiger partial charge in [-0.05, 0) is 39.0 Å². The van der Waals surface area contributed by atoms with Crippen molar-refractivity contribution < 1.29 is 23.5 Å². The Kier molecular flexibility index (Phi) is 6.41. The standard InChI is InChI=1S/C18H24N2O5/c1-11(9-22-4)19-18(21)14-6-7-16(17(8-14)23-5)24-10-15-12(2)20-25-13(15)3/h6-8,11H,9-10H2,1-5H3,(H,19,21). The average Bonchev–Trinajstić information content (AvgIpc) is 2.91. The lowest BCUT2D eigenvalue weighted by Crippen LogP contribution is -2.35. The van der Waals surface area contributed by atoms with Crippen LogP contribution in [0, 0.1) is 13.8 Å². The summed E-state index contributed by atoms with van der Waals surface area (Å²) < 4.78 is 21.3. The van der Waals surface area contributed by atoms with Crippen molar-refractivity contribution >= 4 is 5.91 Å². The number of aryl methyl sites for hydroxylation is 2. The van der Waals surface area contributed by atoms with Crippen LogP contribution in [0.2, 0.25) is 0 Å². The monoisotopic (exact) mass is 348 g/mol. The average molecular weight is 348 g/mol. The molecule has 1 heterocycles. The molecule has 1 aromatic heterocycles. The van der Waals surface area contributed by atoms with Gasteiger partial charge >= 0.3 is 0 Å². The lowest BCUT2D eigenvalue weighted by atomic mass is 10.1. The number of carbonyl (C=O) groups is 1. The number of aromatic nitrogens is 1. The van der Waals surface area contributed by atoms with Crippen LogP contribution in [0.5, 0.6) is 11.5 Å². The summed E-state index contributed by atoms with van der Waals surface area (Å²) in [6, 6.07) is 4.98. The van der Waals surface area contributed by atoms with E-state index in [0.29, 0.717) is 30.3 Å².